The van der Waals surface area contributed by atoms with Gasteiger partial charge in [-0.15, -0.1) is 0 Å². The van der Waals surface area contributed by atoms with Crippen molar-refractivity contribution in [1.82, 2.24) is 40.2 Å². The summed E-state index contributed by atoms with van der Waals surface area (Å²) in [6.07, 6.45) is 3.63. The molecule has 5 N–H and O–H groups in total. The molecule has 0 aliphatic heterocycles. The first-order valence-corrected chi connectivity index (χ1v) is 21.7. The molecule has 4 heterocycles. The minimum absolute atomic E-state index is 0.123. The van der Waals surface area contributed by atoms with Gasteiger partial charge >= 0.3 is 11.9 Å². The Morgan fingerprint density at radius 1 is 0.544 bits per heavy atom. The summed E-state index contributed by atoms with van der Waals surface area (Å²) < 4.78 is 8.01. The van der Waals surface area contributed by atoms with Crippen LogP contribution in [0.25, 0.3) is 34.2 Å². The topological polar surface area (TPSA) is 224 Å². The second-order valence-corrected chi connectivity index (χ2v) is 15.3. The molecule has 16 heteroatoms. The number of aliphatic hydroxyl groups excluding tert-OH is 2. The summed E-state index contributed by atoms with van der Waals surface area (Å²) >= 11 is 0. The lowest BCUT2D eigenvalue weighted by Crippen LogP contribution is -2.49. The summed E-state index contributed by atoms with van der Waals surface area (Å²) in [5, 5.41) is 44.8. The number of benzene rings is 4. The number of carbonyl (C=O) groups is 4. The van der Waals surface area contributed by atoms with Crippen LogP contribution in [0, 0.1) is 0 Å². The zero-order valence-electron chi connectivity index (χ0n) is 36.8. The number of carboxylic acid groups (broad SMARTS) is 1. The molecule has 16 nitrogen and oxygen atoms in total. The largest absolute Gasteiger partial charge is 0.479 e. The Balaban J connectivity index is 0.000000202. The van der Waals surface area contributed by atoms with Crippen LogP contribution in [0.1, 0.15) is 38.8 Å². The van der Waals surface area contributed by atoms with E-state index in [0.29, 0.717) is 11.6 Å². The molecule has 0 radical (unpaired) electrons. The van der Waals surface area contributed by atoms with Gasteiger partial charge in [0.05, 0.1) is 41.2 Å². The number of nitrogens with zero attached hydrogens (tertiary/aromatic N) is 6. The Morgan fingerprint density at radius 3 is 1.34 bits per heavy atom. The average Bonchev–Trinajstić information content (AvgIpc) is 4.09. The standard InChI is InChI=1S/C27H26N4O4.C25H22N4O4/c1-2-35-27(34)24(32)23(18-19-10-5-3-6-11-19)29-26(33)21-14-9-16-28-25(21)31-17-15-22(30-31)20-12-7-4-8-13-20;30-22(25(32)33)21(16-17-8-3-1-4-9-17)27-24(31)19-12-7-14-26-23(19)29-15-13-20(28-29)18-10-5-2-6-11-18/h3-17,23-24,32H,2,18H2,1H3,(H,29,33);1-15,21-22,30H,16H2,(H,27,31)(H,32,33). The van der Waals surface area contributed by atoms with Crippen LogP contribution in [0.4, 0.5) is 0 Å². The van der Waals surface area contributed by atoms with E-state index in [1.54, 1.807) is 68.1 Å². The van der Waals surface area contributed by atoms with Crippen LogP contribution in [0.5, 0.6) is 0 Å². The van der Waals surface area contributed by atoms with Crippen LogP contribution in [-0.4, -0.2) is 99.5 Å². The van der Waals surface area contributed by atoms with Crippen LogP contribution in [0.2, 0.25) is 0 Å². The van der Waals surface area contributed by atoms with Crippen LogP contribution in [-0.2, 0) is 27.2 Å². The van der Waals surface area contributed by atoms with Crippen molar-refractivity contribution in [3.8, 4) is 34.2 Å². The number of carbonyl (C=O) groups excluding carboxylic acids is 3. The molecule has 0 aliphatic carbocycles. The highest BCUT2D eigenvalue weighted by Gasteiger charge is 2.31. The Labute approximate surface area is 391 Å². The van der Waals surface area contributed by atoms with Crippen molar-refractivity contribution in [2.75, 3.05) is 6.61 Å². The second-order valence-electron chi connectivity index (χ2n) is 15.3. The van der Waals surface area contributed by atoms with Gasteiger partial charge in [-0.25, -0.2) is 28.9 Å². The van der Waals surface area contributed by atoms with E-state index in [1.165, 1.54) is 9.36 Å². The van der Waals surface area contributed by atoms with Crippen molar-refractivity contribution in [1.29, 1.82) is 0 Å². The van der Waals surface area contributed by atoms with Crippen LogP contribution >= 0.6 is 0 Å². The Bertz CT molecular complexity index is 2910. The number of pyridine rings is 2. The number of esters is 1. The molecule has 4 aromatic carbocycles. The fraction of sp³-hybridized carbons (Fsp3) is 0.154. The lowest BCUT2D eigenvalue weighted by Gasteiger charge is -2.23. The van der Waals surface area contributed by atoms with E-state index in [4.69, 9.17) is 4.74 Å². The highest BCUT2D eigenvalue weighted by Crippen LogP contribution is 2.21. The van der Waals surface area contributed by atoms with Gasteiger partial charge in [-0.2, -0.15) is 10.2 Å². The molecule has 4 unspecified atom stereocenters. The minimum atomic E-state index is -1.77. The van der Waals surface area contributed by atoms with Gasteiger partial charge in [-0.05, 0) is 67.3 Å². The molecular weight excluding hydrogens is 865 g/mol. The molecule has 8 rings (SSSR count). The Hall–Kier alpha value is -8.60. The maximum atomic E-state index is 13.3. The third kappa shape index (κ3) is 12.2. The lowest BCUT2D eigenvalue weighted by molar-refractivity contribution is -0.154. The van der Waals surface area contributed by atoms with Gasteiger partial charge in [-0.3, -0.25) is 9.59 Å². The van der Waals surface area contributed by atoms with E-state index in [1.807, 2.05) is 121 Å². The number of aliphatic carboxylic acids is 1. The Kier molecular flexibility index (Phi) is 16.0. The van der Waals surface area contributed by atoms with Crippen molar-refractivity contribution in [3.05, 3.63) is 205 Å². The first-order chi connectivity index (χ1) is 33.1. The molecule has 344 valence electrons. The summed E-state index contributed by atoms with van der Waals surface area (Å²) in [4.78, 5) is 58.9. The van der Waals surface area contributed by atoms with E-state index in [0.717, 1.165) is 33.6 Å². The predicted molar refractivity (Wildman–Crippen MR) is 253 cm³/mol. The normalized spacial score (nSPS) is 12.6. The number of carboxylic acids is 1. The molecule has 0 bridgehead atoms. The van der Waals surface area contributed by atoms with Crippen LogP contribution in [0.3, 0.4) is 0 Å². The molecule has 2 amide bonds. The number of ether oxygens (including phenoxy) is 1. The summed E-state index contributed by atoms with van der Waals surface area (Å²) in [6.45, 7) is 1.78. The number of hydrogen-bond acceptors (Lipinski definition) is 11. The van der Waals surface area contributed by atoms with E-state index >= 15 is 0 Å². The van der Waals surface area contributed by atoms with Gasteiger partial charge in [-0.1, -0.05) is 121 Å². The van der Waals surface area contributed by atoms with Crippen molar-refractivity contribution >= 4 is 23.8 Å². The summed E-state index contributed by atoms with van der Waals surface area (Å²) in [7, 11) is 0. The molecule has 0 fully saturated rings. The third-order valence-electron chi connectivity index (χ3n) is 10.6. The minimum Gasteiger partial charge on any atom is -0.479 e. The number of amides is 2. The number of nitrogens with one attached hydrogen (secondary N) is 2. The first-order valence-electron chi connectivity index (χ1n) is 21.7. The molecule has 8 aromatic rings. The van der Waals surface area contributed by atoms with E-state index < -0.39 is 48.0 Å². The number of rotatable bonds is 17. The fourth-order valence-electron chi connectivity index (χ4n) is 7.20. The maximum Gasteiger partial charge on any atom is 0.337 e. The molecule has 4 aromatic heterocycles. The van der Waals surface area contributed by atoms with Gasteiger partial charge in [0, 0.05) is 35.9 Å². The SMILES string of the molecule is CCOC(=O)C(O)C(Cc1ccccc1)NC(=O)c1cccnc1-n1ccc(-c2ccccc2)n1.O=C(NC(Cc1ccccc1)C(O)C(=O)O)c1cccnc1-n1ccc(-c2ccccc2)n1. The zero-order chi connectivity index (χ0) is 47.8. The van der Waals surface area contributed by atoms with Crippen molar-refractivity contribution in [2.45, 2.75) is 44.1 Å². The molecular formula is C52H48N8O8. The molecule has 68 heavy (non-hydrogen) atoms. The monoisotopic (exact) mass is 912 g/mol. The highest BCUT2D eigenvalue weighted by molar-refractivity contribution is 5.98. The van der Waals surface area contributed by atoms with Crippen LogP contribution in [0.15, 0.2) is 183 Å². The summed E-state index contributed by atoms with van der Waals surface area (Å²) in [6, 6.07) is 45.8. The van der Waals surface area contributed by atoms with Gasteiger partial charge in [0.1, 0.15) is 0 Å². The van der Waals surface area contributed by atoms with E-state index in [-0.39, 0.29) is 30.6 Å². The second kappa shape index (κ2) is 23.0. The molecule has 0 spiro atoms. The number of aromatic nitrogens is 6. The molecule has 0 saturated carbocycles. The first kappa shape index (κ1) is 47.4. The Morgan fingerprint density at radius 2 is 0.941 bits per heavy atom. The maximum absolute atomic E-state index is 13.3. The van der Waals surface area contributed by atoms with E-state index in [2.05, 4.69) is 30.8 Å². The molecule has 4 atom stereocenters. The van der Waals surface area contributed by atoms with Gasteiger partial charge < -0.3 is 30.7 Å². The van der Waals surface area contributed by atoms with Gasteiger partial charge in [0.2, 0.25) is 0 Å². The quantitative estimate of drug-likeness (QED) is 0.0672. The molecule has 0 saturated heterocycles. The fourth-order valence-corrected chi connectivity index (χ4v) is 7.20. The third-order valence-corrected chi connectivity index (χ3v) is 10.6. The van der Waals surface area contributed by atoms with Crippen molar-refractivity contribution in [2.24, 2.45) is 0 Å². The lowest BCUT2D eigenvalue weighted by atomic mass is 10.0. The van der Waals surface area contributed by atoms with Crippen molar-refractivity contribution in [3.63, 3.8) is 0 Å². The van der Waals surface area contributed by atoms with Crippen molar-refractivity contribution < 1.29 is 39.2 Å². The summed E-state index contributed by atoms with van der Waals surface area (Å²) in [5.74, 6) is -2.64. The zero-order valence-corrected chi connectivity index (χ0v) is 36.8. The molecule has 0 aliphatic rings. The van der Waals surface area contributed by atoms with Gasteiger partial charge in [0.25, 0.3) is 11.8 Å². The van der Waals surface area contributed by atoms with E-state index in [9.17, 15) is 34.5 Å². The summed E-state index contributed by atoms with van der Waals surface area (Å²) in [5.41, 5.74) is 5.42. The van der Waals surface area contributed by atoms with Crippen LogP contribution < -0.4 is 10.6 Å². The number of aliphatic hydroxyl groups is 2. The smallest absolute Gasteiger partial charge is 0.337 e. The average molecular weight is 913 g/mol. The predicted octanol–water partition coefficient (Wildman–Crippen LogP) is 5.92. The van der Waals surface area contributed by atoms with Gasteiger partial charge in [0.15, 0.2) is 23.8 Å². The highest BCUT2D eigenvalue weighted by atomic mass is 16.5. The number of hydrogen-bond donors (Lipinski definition) is 5.